The van der Waals surface area contributed by atoms with Crippen LogP contribution in [-0.4, -0.2) is 32.4 Å². The van der Waals surface area contributed by atoms with Crippen molar-refractivity contribution >= 4 is 17.2 Å². The maximum Gasteiger partial charge on any atom is 0.185 e. The van der Waals surface area contributed by atoms with E-state index in [0.717, 1.165) is 35.1 Å². The third-order valence-corrected chi connectivity index (χ3v) is 4.07. The minimum Gasteiger partial charge on any atom is -0.381 e. The average molecular weight is 344 g/mol. The number of aromatic nitrogens is 4. The third-order valence-electron chi connectivity index (χ3n) is 4.07. The zero-order chi connectivity index (χ0) is 17.8. The highest BCUT2D eigenvalue weighted by molar-refractivity contribution is 5.59. The first-order chi connectivity index (χ1) is 12.8. The monoisotopic (exact) mass is 344 g/mol. The number of hydrogen-bond acceptors (Lipinski definition) is 5. The van der Waals surface area contributed by atoms with Gasteiger partial charge in [-0.25, -0.2) is 0 Å². The molecule has 0 saturated carbocycles. The molecule has 0 radical (unpaired) electrons. The van der Waals surface area contributed by atoms with Crippen LogP contribution in [0.1, 0.15) is 6.92 Å². The second-order valence-electron chi connectivity index (χ2n) is 6.17. The molecule has 0 aliphatic carbocycles. The Bertz CT molecular complexity index is 981. The normalized spacial score (nSPS) is 12.0. The fourth-order valence-corrected chi connectivity index (χ4v) is 2.78. The van der Waals surface area contributed by atoms with Gasteiger partial charge in [0.1, 0.15) is 5.82 Å². The Morgan fingerprint density at radius 3 is 2.38 bits per heavy atom. The maximum atomic E-state index is 4.64. The van der Waals surface area contributed by atoms with Gasteiger partial charge in [-0.05, 0) is 31.2 Å². The van der Waals surface area contributed by atoms with Crippen LogP contribution in [-0.2, 0) is 0 Å². The molecule has 0 bridgehead atoms. The zero-order valence-corrected chi connectivity index (χ0v) is 14.5. The summed E-state index contributed by atoms with van der Waals surface area (Å²) in [5.41, 5.74) is 2.82. The van der Waals surface area contributed by atoms with Crippen LogP contribution < -0.4 is 10.6 Å². The van der Waals surface area contributed by atoms with Crippen LogP contribution in [0.5, 0.6) is 0 Å². The van der Waals surface area contributed by atoms with Crippen molar-refractivity contribution in [2.45, 2.75) is 13.0 Å². The number of nitrogens with zero attached hydrogens (tertiary/aromatic N) is 4. The van der Waals surface area contributed by atoms with Crippen molar-refractivity contribution in [1.29, 1.82) is 0 Å². The van der Waals surface area contributed by atoms with Gasteiger partial charge < -0.3 is 10.6 Å². The van der Waals surface area contributed by atoms with E-state index in [1.165, 1.54) is 0 Å². The van der Waals surface area contributed by atoms with E-state index in [1.807, 2.05) is 60.7 Å². The number of benzene rings is 2. The molecule has 0 saturated heterocycles. The number of fused-ring (bicyclic) bond motifs is 1. The van der Waals surface area contributed by atoms with Crippen molar-refractivity contribution < 1.29 is 0 Å². The Labute approximate surface area is 151 Å². The summed E-state index contributed by atoms with van der Waals surface area (Å²) < 4.78 is 1.77. The summed E-state index contributed by atoms with van der Waals surface area (Å²) in [6.07, 6.45) is 0. The molecule has 0 amide bonds. The molecule has 2 heterocycles. The first-order valence-corrected chi connectivity index (χ1v) is 8.63. The molecule has 2 aromatic carbocycles. The first kappa shape index (κ1) is 16.1. The van der Waals surface area contributed by atoms with Crippen LogP contribution in [0.25, 0.3) is 17.0 Å². The van der Waals surface area contributed by atoms with Gasteiger partial charge in [-0.2, -0.15) is 4.52 Å². The molecule has 26 heavy (non-hydrogen) atoms. The fourth-order valence-electron chi connectivity index (χ4n) is 2.78. The van der Waals surface area contributed by atoms with Gasteiger partial charge >= 0.3 is 0 Å². The zero-order valence-electron chi connectivity index (χ0n) is 14.5. The number of rotatable bonds is 6. The lowest BCUT2D eigenvalue weighted by Gasteiger charge is -2.16. The van der Waals surface area contributed by atoms with Gasteiger partial charge in [0.15, 0.2) is 11.5 Å². The average Bonchev–Trinajstić information content (AvgIpc) is 3.11. The number of hydrogen-bond donors (Lipinski definition) is 2. The van der Waals surface area contributed by atoms with Gasteiger partial charge in [0.2, 0.25) is 0 Å². The Morgan fingerprint density at radius 1 is 0.885 bits per heavy atom. The first-order valence-electron chi connectivity index (χ1n) is 8.63. The SMILES string of the molecule is CC(CNc1ccc2nnc(-c3ccccc3)n2n1)Nc1ccccc1. The highest BCUT2D eigenvalue weighted by Gasteiger charge is 2.10. The van der Waals surface area contributed by atoms with Crippen molar-refractivity contribution in [2.75, 3.05) is 17.2 Å². The van der Waals surface area contributed by atoms with Crippen molar-refractivity contribution in [3.8, 4) is 11.4 Å². The lowest BCUT2D eigenvalue weighted by Crippen LogP contribution is -2.25. The van der Waals surface area contributed by atoms with Crippen LogP contribution in [0.2, 0.25) is 0 Å². The Morgan fingerprint density at radius 2 is 1.62 bits per heavy atom. The summed E-state index contributed by atoms with van der Waals surface area (Å²) in [6, 6.07) is 24.2. The van der Waals surface area contributed by atoms with Crippen LogP contribution in [0.4, 0.5) is 11.5 Å². The summed E-state index contributed by atoms with van der Waals surface area (Å²) in [4.78, 5) is 0. The molecule has 2 aromatic heterocycles. The van der Waals surface area contributed by atoms with Crippen LogP contribution in [0, 0.1) is 0 Å². The second-order valence-corrected chi connectivity index (χ2v) is 6.17. The smallest absolute Gasteiger partial charge is 0.185 e. The summed E-state index contributed by atoms with van der Waals surface area (Å²) in [5.74, 6) is 1.52. The van der Waals surface area contributed by atoms with Crippen LogP contribution in [0.15, 0.2) is 72.8 Å². The molecule has 0 aliphatic heterocycles. The molecule has 6 nitrogen and oxygen atoms in total. The van der Waals surface area contributed by atoms with E-state index in [1.54, 1.807) is 4.52 Å². The number of para-hydroxylation sites is 1. The summed E-state index contributed by atoms with van der Waals surface area (Å²) >= 11 is 0. The summed E-state index contributed by atoms with van der Waals surface area (Å²) in [7, 11) is 0. The van der Waals surface area contributed by atoms with Gasteiger partial charge in [-0.1, -0.05) is 48.5 Å². The molecular formula is C20H20N6. The molecule has 130 valence electrons. The predicted molar refractivity (Wildman–Crippen MR) is 104 cm³/mol. The molecule has 1 unspecified atom stereocenters. The predicted octanol–water partition coefficient (Wildman–Crippen LogP) is 3.70. The standard InChI is InChI=1S/C20H20N6/c1-15(22-17-10-6-3-7-11-17)14-21-18-12-13-19-23-24-20(26(19)25-18)16-8-4-2-5-9-16/h2-13,15,22H,14H2,1H3,(H,21,25). The minimum absolute atomic E-state index is 0.254. The molecule has 0 fully saturated rings. The van der Waals surface area contributed by atoms with Crippen LogP contribution in [0.3, 0.4) is 0 Å². The number of nitrogens with one attached hydrogen (secondary N) is 2. The largest absolute Gasteiger partial charge is 0.381 e. The highest BCUT2D eigenvalue weighted by Crippen LogP contribution is 2.18. The minimum atomic E-state index is 0.254. The molecular weight excluding hydrogens is 324 g/mol. The molecule has 1 atom stereocenters. The fraction of sp³-hybridized carbons (Fsp3) is 0.150. The van der Waals surface area contributed by atoms with E-state index in [9.17, 15) is 0 Å². The Kier molecular flexibility index (Phi) is 4.47. The van der Waals surface area contributed by atoms with Gasteiger partial charge in [0, 0.05) is 23.8 Å². The van der Waals surface area contributed by atoms with E-state index in [-0.39, 0.29) is 6.04 Å². The lowest BCUT2D eigenvalue weighted by molar-refractivity contribution is 0.822. The van der Waals surface area contributed by atoms with E-state index >= 15 is 0 Å². The quantitative estimate of drug-likeness (QED) is 0.558. The van der Waals surface area contributed by atoms with Crippen molar-refractivity contribution in [3.63, 3.8) is 0 Å². The summed E-state index contributed by atoms with van der Waals surface area (Å²) in [6.45, 7) is 2.88. The molecule has 4 aromatic rings. The topological polar surface area (TPSA) is 67.1 Å². The van der Waals surface area contributed by atoms with Crippen LogP contribution >= 0.6 is 0 Å². The second kappa shape index (κ2) is 7.23. The number of anilines is 2. The third kappa shape index (κ3) is 3.49. The molecule has 0 spiro atoms. The Balaban J connectivity index is 1.49. The van der Waals surface area contributed by atoms with E-state index < -0.39 is 0 Å². The van der Waals surface area contributed by atoms with Gasteiger partial charge in [0.25, 0.3) is 0 Å². The van der Waals surface area contributed by atoms with Crippen molar-refractivity contribution in [3.05, 3.63) is 72.8 Å². The lowest BCUT2D eigenvalue weighted by atomic mass is 10.2. The van der Waals surface area contributed by atoms with Gasteiger partial charge in [-0.3, -0.25) is 0 Å². The van der Waals surface area contributed by atoms with E-state index in [4.69, 9.17) is 0 Å². The summed E-state index contributed by atoms with van der Waals surface area (Å²) in [5, 5.41) is 19.9. The van der Waals surface area contributed by atoms with Gasteiger partial charge in [0.05, 0.1) is 0 Å². The van der Waals surface area contributed by atoms with Gasteiger partial charge in [-0.15, -0.1) is 15.3 Å². The molecule has 0 aliphatic rings. The molecule has 4 rings (SSSR count). The molecule has 2 N–H and O–H groups in total. The van der Waals surface area contributed by atoms with E-state index in [0.29, 0.717) is 0 Å². The van der Waals surface area contributed by atoms with Crippen molar-refractivity contribution in [1.82, 2.24) is 19.8 Å². The highest BCUT2D eigenvalue weighted by atomic mass is 15.4. The van der Waals surface area contributed by atoms with E-state index in [2.05, 4.69) is 45.0 Å². The Hall–Kier alpha value is -3.41. The van der Waals surface area contributed by atoms with Crippen molar-refractivity contribution in [2.24, 2.45) is 0 Å². The maximum absolute atomic E-state index is 4.64. The molecule has 6 heteroatoms.